The molecule has 0 aliphatic heterocycles. The molecule has 0 saturated heterocycles. The molecule has 1 nitrogen and oxygen atoms in total. The van der Waals surface area contributed by atoms with Crippen molar-refractivity contribution >= 4 is 12.0 Å². The third kappa shape index (κ3) is 6.05. The fourth-order valence-electron chi connectivity index (χ4n) is 0.455. The van der Waals surface area contributed by atoms with E-state index in [9.17, 15) is 0 Å². The van der Waals surface area contributed by atoms with Crippen LogP contribution in [0.1, 0.15) is 19.3 Å². The van der Waals surface area contributed by atoms with Crippen molar-refractivity contribution in [3.8, 4) is 0 Å². The van der Waals surface area contributed by atoms with Crippen LogP contribution in [0.5, 0.6) is 0 Å². The highest BCUT2D eigenvalue weighted by molar-refractivity contribution is 7.93. The van der Waals surface area contributed by atoms with Crippen molar-refractivity contribution in [3.63, 3.8) is 0 Å². The number of hydrogen-bond acceptors (Lipinski definition) is 2. The zero-order valence-corrected chi connectivity index (χ0v) is 5.78. The highest BCUT2D eigenvalue weighted by Crippen LogP contribution is 2.01. The van der Waals surface area contributed by atoms with Gasteiger partial charge in [-0.1, -0.05) is 6.08 Å². The number of hydrogen-bond donors (Lipinski definition) is 1. The van der Waals surface area contributed by atoms with Crippen molar-refractivity contribution in [3.05, 3.63) is 12.7 Å². The Hall–Kier alpha value is 0.0500. The average Bonchev–Trinajstić information content (AvgIpc) is 1.81. The normalized spacial score (nSPS) is 9.12. The second-order valence-corrected chi connectivity index (χ2v) is 2.28. The van der Waals surface area contributed by atoms with Crippen LogP contribution in [-0.2, 0) is 0 Å². The molecule has 0 saturated carbocycles. The molecule has 0 aromatic carbocycles. The summed E-state index contributed by atoms with van der Waals surface area (Å²) in [6, 6.07) is 0. The summed E-state index contributed by atoms with van der Waals surface area (Å²) in [5, 5.41) is 0. The van der Waals surface area contributed by atoms with Crippen LogP contribution < -0.4 is 0 Å². The third-order valence-electron chi connectivity index (χ3n) is 0.894. The number of allylic oxidation sites excluding steroid dienone is 1. The van der Waals surface area contributed by atoms with Crippen LogP contribution in [0.4, 0.5) is 0 Å². The van der Waals surface area contributed by atoms with E-state index in [4.69, 9.17) is 4.55 Å². The van der Waals surface area contributed by atoms with Gasteiger partial charge in [-0.3, -0.25) is 0 Å². The van der Waals surface area contributed by atoms with E-state index in [0.29, 0.717) is 0 Å². The minimum Gasteiger partial charge on any atom is -0.330 e. The fourth-order valence-corrected chi connectivity index (χ4v) is 0.789. The Bertz CT molecular complexity index is 54.5. The molecule has 0 aliphatic rings. The monoisotopic (exact) mass is 132 g/mol. The van der Waals surface area contributed by atoms with Crippen LogP contribution in [0.3, 0.4) is 0 Å². The van der Waals surface area contributed by atoms with E-state index >= 15 is 0 Å². The summed E-state index contributed by atoms with van der Waals surface area (Å²) in [7, 11) is 0. The van der Waals surface area contributed by atoms with Gasteiger partial charge in [-0.25, -0.2) is 0 Å². The molecule has 0 atom stereocenters. The highest BCUT2D eigenvalue weighted by atomic mass is 32.2. The van der Waals surface area contributed by atoms with E-state index in [1.807, 2.05) is 6.08 Å². The Morgan fingerprint density at radius 2 is 2.25 bits per heavy atom. The molecule has 0 radical (unpaired) electrons. The average molecular weight is 132 g/mol. The van der Waals surface area contributed by atoms with Gasteiger partial charge < -0.3 is 4.55 Å². The first kappa shape index (κ1) is 8.05. The third-order valence-corrected chi connectivity index (χ3v) is 1.37. The number of unbranched alkanes of at least 4 members (excludes halogenated alkanes) is 2. The van der Waals surface area contributed by atoms with Gasteiger partial charge in [-0.15, -0.1) is 6.58 Å². The Balaban J connectivity index is 2.62. The van der Waals surface area contributed by atoms with E-state index in [0.717, 1.165) is 37.1 Å². The van der Waals surface area contributed by atoms with E-state index in [2.05, 4.69) is 6.58 Å². The van der Waals surface area contributed by atoms with Crippen LogP contribution in [0.2, 0.25) is 0 Å². The van der Waals surface area contributed by atoms with Gasteiger partial charge in [0.05, 0.1) is 0 Å². The van der Waals surface area contributed by atoms with E-state index in [1.54, 1.807) is 0 Å². The summed E-state index contributed by atoms with van der Waals surface area (Å²) in [5.74, 6) is 0.855. The maximum atomic E-state index is 8.26. The summed E-state index contributed by atoms with van der Waals surface area (Å²) in [6.07, 6.45) is 5.22. The zero-order chi connectivity index (χ0) is 6.24. The molecule has 0 spiro atoms. The molecule has 0 bridgehead atoms. The first-order valence-corrected chi connectivity index (χ1v) is 3.73. The molecule has 2 heteroatoms. The Labute approximate surface area is 55.0 Å². The van der Waals surface area contributed by atoms with Crippen molar-refractivity contribution in [1.82, 2.24) is 0 Å². The molecule has 0 rings (SSSR count). The van der Waals surface area contributed by atoms with E-state index in [1.165, 1.54) is 0 Å². The quantitative estimate of drug-likeness (QED) is 0.352. The summed E-state index contributed by atoms with van der Waals surface area (Å²) in [4.78, 5) is 0. The molecule has 0 aromatic rings. The molecule has 1 N–H and O–H groups in total. The van der Waals surface area contributed by atoms with Crippen molar-refractivity contribution in [2.24, 2.45) is 0 Å². The molecule has 48 valence electrons. The van der Waals surface area contributed by atoms with Crippen LogP contribution in [0.15, 0.2) is 12.7 Å². The van der Waals surface area contributed by atoms with E-state index in [-0.39, 0.29) is 0 Å². The maximum absolute atomic E-state index is 8.26. The summed E-state index contributed by atoms with van der Waals surface area (Å²) < 4.78 is 8.26. The van der Waals surface area contributed by atoms with Crippen molar-refractivity contribution in [1.29, 1.82) is 0 Å². The lowest BCUT2D eigenvalue weighted by atomic mass is 10.2. The Morgan fingerprint density at radius 1 is 1.50 bits per heavy atom. The van der Waals surface area contributed by atoms with Crippen LogP contribution in [-0.4, -0.2) is 10.3 Å². The van der Waals surface area contributed by atoms with Gasteiger partial charge in [0, 0.05) is 5.75 Å². The van der Waals surface area contributed by atoms with Crippen molar-refractivity contribution in [2.45, 2.75) is 19.3 Å². The van der Waals surface area contributed by atoms with Gasteiger partial charge in [-0.05, 0) is 31.3 Å². The van der Waals surface area contributed by atoms with Gasteiger partial charge in [-0.2, -0.15) is 0 Å². The fraction of sp³-hybridized carbons (Fsp3) is 0.667. The largest absolute Gasteiger partial charge is 0.330 e. The summed E-state index contributed by atoms with van der Waals surface area (Å²) in [5.41, 5.74) is 0. The molecule has 0 aliphatic carbocycles. The van der Waals surface area contributed by atoms with Gasteiger partial charge in [0.25, 0.3) is 0 Å². The topological polar surface area (TPSA) is 20.2 Å². The molecular formula is C6H12OS. The zero-order valence-electron chi connectivity index (χ0n) is 4.97. The minimum atomic E-state index is 0.855. The first-order valence-electron chi connectivity index (χ1n) is 2.79. The molecular weight excluding hydrogens is 120 g/mol. The lowest BCUT2D eigenvalue weighted by Crippen LogP contribution is -1.76. The molecule has 0 aromatic heterocycles. The smallest absolute Gasteiger partial charge is 0.0195 e. The lowest BCUT2D eigenvalue weighted by molar-refractivity contribution is 0.658. The SMILES string of the molecule is C=CCCCCSO. The highest BCUT2D eigenvalue weighted by Gasteiger charge is 1.83. The predicted octanol–water partition coefficient (Wildman–Crippen LogP) is 2.55. The molecule has 0 heterocycles. The number of rotatable bonds is 5. The standard InChI is InChI=1S/C6H12OS/c1-2-3-4-5-6-8-7/h2,7H,1,3-6H2. The van der Waals surface area contributed by atoms with Crippen LogP contribution in [0.25, 0.3) is 0 Å². The molecule has 0 amide bonds. The van der Waals surface area contributed by atoms with Crippen LogP contribution >= 0.6 is 12.0 Å². The molecule has 0 unspecified atom stereocenters. The summed E-state index contributed by atoms with van der Waals surface area (Å²) >= 11 is 0.918. The molecule has 0 fully saturated rings. The Kier molecular flexibility index (Phi) is 7.09. The maximum Gasteiger partial charge on any atom is 0.0195 e. The lowest BCUT2D eigenvalue weighted by Gasteiger charge is -1.90. The van der Waals surface area contributed by atoms with Gasteiger partial charge in [0.2, 0.25) is 0 Å². The second-order valence-electron chi connectivity index (χ2n) is 1.62. The minimum absolute atomic E-state index is 0.855. The van der Waals surface area contributed by atoms with Gasteiger partial charge >= 0.3 is 0 Å². The Morgan fingerprint density at radius 3 is 2.75 bits per heavy atom. The van der Waals surface area contributed by atoms with Crippen LogP contribution in [0, 0.1) is 0 Å². The molecule has 8 heavy (non-hydrogen) atoms. The van der Waals surface area contributed by atoms with Gasteiger partial charge in [0.15, 0.2) is 0 Å². The van der Waals surface area contributed by atoms with Gasteiger partial charge in [0.1, 0.15) is 0 Å². The first-order chi connectivity index (χ1) is 3.91. The predicted molar refractivity (Wildman–Crippen MR) is 39.1 cm³/mol. The summed E-state index contributed by atoms with van der Waals surface area (Å²) in [6.45, 7) is 3.59. The van der Waals surface area contributed by atoms with Crippen molar-refractivity contribution < 1.29 is 4.55 Å². The van der Waals surface area contributed by atoms with E-state index < -0.39 is 0 Å². The van der Waals surface area contributed by atoms with Crippen molar-refractivity contribution in [2.75, 3.05) is 5.75 Å². The second kappa shape index (κ2) is 7.05.